The van der Waals surface area contributed by atoms with Crippen LogP contribution in [-0.4, -0.2) is 29.5 Å². The van der Waals surface area contributed by atoms with Gasteiger partial charge in [-0.1, -0.05) is 49.2 Å². The summed E-state index contributed by atoms with van der Waals surface area (Å²) in [6, 6.07) is 20.1. The van der Waals surface area contributed by atoms with E-state index < -0.39 is 13.7 Å². The van der Waals surface area contributed by atoms with Gasteiger partial charge in [0.1, 0.15) is 36.6 Å². The third-order valence-electron chi connectivity index (χ3n) is 6.64. The van der Waals surface area contributed by atoms with E-state index in [-0.39, 0.29) is 68.0 Å². The number of hydrogen-bond acceptors (Lipinski definition) is 8. The monoisotopic (exact) mass is 539 g/mol. The van der Waals surface area contributed by atoms with Crippen molar-refractivity contribution in [2.24, 2.45) is 5.92 Å². The van der Waals surface area contributed by atoms with Crippen LogP contribution in [0, 0.1) is 5.92 Å². The van der Waals surface area contributed by atoms with E-state index in [1.807, 2.05) is 24.3 Å². The van der Waals surface area contributed by atoms with E-state index in [0.29, 0.717) is 29.5 Å². The van der Waals surface area contributed by atoms with E-state index >= 15 is 0 Å². The number of aliphatic hydroxyl groups excluding tert-OH is 1. The smallest absolute Gasteiger partial charge is 0.807 e. The molecule has 0 heterocycles. The van der Waals surface area contributed by atoms with Crippen LogP contribution in [0.15, 0.2) is 72.8 Å². The molecule has 1 aliphatic carbocycles. The first-order valence-corrected chi connectivity index (χ1v) is 14.0. The number of phenols is 1. The summed E-state index contributed by atoms with van der Waals surface area (Å²) in [6.45, 7) is 0.462. The van der Waals surface area contributed by atoms with Crippen molar-refractivity contribution in [2.45, 2.75) is 44.4 Å². The quantitative estimate of drug-likeness (QED) is 0.162. The zero-order valence-electron chi connectivity index (χ0n) is 22.5. The summed E-state index contributed by atoms with van der Waals surface area (Å²) >= 11 is 0. The molecule has 11 heteroatoms. The molecule has 1 fully saturated rings. The summed E-state index contributed by atoms with van der Waals surface area (Å²) < 4.78 is 22.9. The molecule has 0 amide bonds. The van der Waals surface area contributed by atoms with E-state index in [9.17, 15) is 24.6 Å². The summed E-state index contributed by atoms with van der Waals surface area (Å²) in [6.07, 6.45) is 3.87. The van der Waals surface area contributed by atoms with Crippen molar-refractivity contribution in [3.05, 3.63) is 83.9 Å². The average molecular weight is 539 g/mol. The van der Waals surface area contributed by atoms with E-state index in [0.717, 1.165) is 18.4 Å². The van der Waals surface area contributed by atoms with Crippen molar-refractivity contribution >= 4 is 12.9 Å². The largest absolute Gasteiger partial charge is 1.00 e. The van der Waals surface area contributed by atoms with E-state index in [1.165, 1.54) is 37.1 Å². The molecule has 0 aliphatic heterocycles. The molecule has 1 unspecified atom stereocenters. The summed E-state index contributed by atoms with van der Waals surface area (Å²) in [5.74, 6) is 1.76. The van der Waals surface area contributed by atoms with Crippen LogP contribution >= 0.6 is 7.60 Å². The first kappa shape index (κ1) is 33.5. The normalized spacial score (nSPS) is 15.1. The van der Waals surface area contributed by atoms with Gasteiger partial charge >= 0.3 is 37.7 Å². The Morgan fingerprint density at radius 1 is 0.897 bits per heavy atom. The van der Waals surface area contributed by atoms with Gasteiger partial charge in [-0.15, -0.1) is 0 Å². The molecule has 3 aromatic carbocycles. The molecular formula is C28H32Li2NO7P. The molecule has 39 heavy (non-hydrogen) atoms. The molecule has 198 valence electrons. The van der Waals surface area contributed by atoms with Crippen LogP contribution in [0.1, 0.15) is 42.9 Å². The Bertz CT molecular complexity index is 1190. The fraction of sp³-hybridized carbons (Fsp3) is 0.357. The van der Waals surface area contributed by atoms with Crippen LogP contribution in [0.4, 0.5) is 0 Å². The second kappa shape index (κ2) is 15.9. The van der Waals surface area contributed by atoms with E-state index in [1.54, 1.807) is 24.3 Å². The maximum Gasteiger partial charge on any atom is 1.00 e. The third kappa shape index (κ3) is 10.0. The van der Waals surface area contributed by atoms with Crippen molar-refractivity contribution in [1.29, 1.82) is 0 Å². The Morgan fingerprint density at radius 2 is 1.49 bits per heavy atom. The summed E-state index contributed by atoms with van der Waals surface area (Å²) in [5, 5.41) is 23.1. The fourth-order valence-corrected chi connectivity index (χ4v) is 5.50. The number of rotatable bonds is 12. The summed E-state index contributed by atoms with van der Waals surface area (Å²) in [5.41, 5.74) is 1.41. The van der Waals surface area contributed by atoms with Gasteiger partial charge in [-0.05, 0) is 79.2 Å². The predicted octanol–water partition coefficient (Wildman–Crippen LogP) is -3.22. The Morgan fingerprint density at radius 3 is 2.13 bits per heavy atom. The van der Waals surface area contributed by atoms with Crippen LogP contribution in [-0.2, 0) is 11.2 Å². The molecule has 0 aromatic heterocycles. The Balaban J connectivity index is 0.00000267. The molecule has 0 radical (unpaired) electrons. The molecule has 3 aromatic rings. The minimum absolute atomic E-state index is 0. The molecule has 0 saturated heterocycles. The number of nitrogens with one attached hydrogen (secondary N) is 1. The predicted molar refractivity (Wildman–Crippen MR) is 137 cm³/mol. The Hall–Kier alpha value is -1.68. The molecule has 4 rings (SSSR count). The van der Waals surface area contributed by atoms with Gasteiger partial charge in [0, 0.05) is 12.6 Å². The molecule has 1 saturated carbocycles. The van der Waals surface area contributed by atoms with Gasteiger partial charge in [0.25, 0.3) is 0 Å². The van der Waals surface area contributed by atoms with Crippen molar-refractivity contribution < 1.29 is 71.8 Å². The number of aliphatic hydroxyl groups is 1. The number of ether oxygens (including phenoxy) is 2. The fourth-order valence-electron chi connectivity index (χ4n) is 4.74. The molecule has 0 spiro atoms. The Labute approximate surface area is 253 Å². The van der Waals surface area contributed by atoms with Crippen molar-refractivity contribution in [3.63, 3.8) is 0 Å². The molecular weight excluding hydrogens is 507 g/mol. The zero-order chi connectivity index (χ0) is 26.3. The average Bonchev–Trinajstić information content (AvgIpc) is 3.42. The van der Waals surface area contributed by atoms with Gasteiger partial charge in [0.2, 0.25) is 0 Å². The third-order valence-corrected chi connectivity index (χ3v) is 7.67. The van der Waals surface area contributed by atoms with Gasteiger partial charge in [-0.25, -0.2) is 0 Å². The standard InChI is InChI=1S/C28H34NO7P.2Li/c30-23-11-15-26(16-12-23)36-19-24(31)17-29-28(20-5-1-2-6-20)21-9-13-25(14-10-21)35-18-22-7-3-4-8-27(22)37(32,33)34;;/h3-4,7-16,20,24,28-31H,1-2,5-6,17-19H2,(H2,32,33,34);;/q;2*+1/p-2/t24-,28?;;/m0../s1. The second-order valence-electron chi connectivity index (χ2n) is 9.37. The topological polar surface area (TPSA) is 134 Å². The van der Waals surface area contributed by atoms with Crippen LogP contribution in [0.2, 0.25) is 0 Å². The minimum Gasteiger partial charge on any atom is -0.807 e. The molecule has 8 nitrogen and oxygen atoms in total. The van der Waals surface area contributed by atoms with Gasteiger partial charge < -0.3 is 39.4 Å². The van der Waals surface area contributed by atoms with E-state index in [4.69, 9.17) is 9.47 Å². The Kier molecular flexibility index (Phi) is 13.7. The maximum atomic E-state index is 11.5. The summed E-state index contributed by atoms with van der Waals surface area (Å²) in [7, 11) is -4.88. The molecule has 1 aliphatic rings. The molecule has 3 N–H and O–H groups in total. The van der Waals surface area contributed by atoms with Gasteiger partial charge in [-0.2, -0.15) is 0 Å². The maximum absolute atomic E-state index is 11.5. The van der Waals surface area contributed by atoms with Crippen LogP contribution in [0.25, 0.3) is 0 Å². The molecule has 2 atom stereocenters. The zero-order valence-corrected chi connectivity index (χ0v) is 23.4. The van der Waals surface area contributed by atoms with Gasteiger partial charge in [0.05, 0.1) is 0 Å². The van der Waals surface area contributed by atoms with Crippen LogP contribution in [0.5, 0.6) is 17.2 Å². The first-order chi connectivity index (χ1) is 17.8. The van der Waals surface area contributed by atoms with Gasteiger partial charge in [-0.3, -0.25) is 0 Å². The van der Waals surface area contributed by atoms with E-state index in [2.05, 4.69) is 5.32 Å². The van der Waals surface area contributed by atoms with Crippen LogP contribution in [0.3, 0.4) is 0 Å². The summed E-state index contributed by atoms with van der Waals surface area (Å²) in [4.78, 5) is 23.0. The van der Waals surface area contributed by atoms with Gasteiger partial charge in [0.15, 0.2) is 0 Å². The number of benzene rings is 3. The number of aromatic hydroxyl groups is 1. The second-order valence-corrected chi connectivity index (χ2v) is 10.8. The van der Waals surface area contributed by atoms with Crippen LogP contribution < -0.4 is 67.6 Å². The number of phenolic OH excluding ortho intramolecular Hbond substituents is 1. The SMILES string of the molecule is O=P([O-])([O-])c1ccccc1COc1ccc(C(NC[C@H](O)COc2ccc(O)cc2)C2CCCC2)cc1.[Li+].[Li+]. The molecule has 0 bridgehead atoms. The van der Waals surface area contributed by atoms with Crippen molar-refractivity contribution in [3.8, 4) is 17.2 Å². The first-order valence-electron chi connectivity index (χ1n) is 12.5. The van der Waals surface area contributed by atoms with Crippen molar-refractivity contribution in [2.75, 3.05) is 13.2 Å². The number of hydrogen-bond donors (Lipinski definition) is 3. The van der Waals surface area contributed by atoms with Crippen molar-refractivity contribution in [1.82, 2.24) is 5.32 Å². The minimum atomic E-state index is -4.88.